The molecule has 0 aromatic heterocycles. The average molecular weight is 619 g/mol. The van der Waals surface area contributed by atoms with Crippen LogP contribution in [-0.2, 0) is 28.9 Å². The Hall–Kier alpha value is -4.69. The first-order valence-corrected chi connectivity index (χ1v) is 16.2. The molecule has 8 nitrogen and oxygen atoms in total. The van der Waals surface area contributed by atoms with E-state index in [9.17, 15) is 9.59 Å². The first-order valence-electron chi connectivity index (χ1n) is 16.2. The second-order valence-electron chi connectivity index (χ2n) is 12.6. The number of nitrogens with zero attached hydrogens (tertiary/aromatic N) is 3. The van der Waals surface area contributed by atoms with Crippen LogP contribution in [-0.4, -0.2) is 65.3 Å². The summed E-state index contributed by atoms with van der Waals surface area (Å²) in [5, 5.41) is 2.25. The zero-order chi connectivity index (χ0) is 32.6. The Bertz CT molecular complexity index is 1680. The highest BCUT2D eigenvalue weighted by Gasteiger charge is 2.39. The van der Waals surface area contributed by atoms with Crippen molar-refractivity contribution in [3.8, 4) is 0 Å². The number of aliphatic imine (C=N–C) groups is 1. The molecule has 0 bridgehead atoms. The Balaban J connectivity index is 1.41. The first kappa shape index (κ1) is 32.7. The summed E-state index contributed by atoms with van der Waals surface area (Å²) in [5.74, 6) is 0.00537. The molecular formula is C38H46N6O2. The highest BCUT2D eigenvalue weighted by atomic mass is 16.2. The fourth-order valence-corrected chi connectivity index (χ4v) is 6.60. The first-order chi connectivity index (χ1) is 22.2. The molecule has 0 radical (unpaired) electrons. The number of hydrogen-bond acceptors (Lipinski definition) is 4. The van der Waals surface area contributed by atoms with Crippen molar-refractivity contribution in [2.24, 2.45) is 22.2 Å². The van der Waals surface area contributed by atoms with E-state index in [1.54, 1.807) is 0 Å². The number of amides is 2. The number of hydrogen-bond donors (Lipinski definition) is 3. The quantitative estimate of drug-likeness (QED) is 0.131. The van der Waals surface area contributed by atoms with Crippen LogP contribution in [0.15, 0.2) is 96.0 Å². The Kier molecular flexibility index (Phi) is 10.7. The van der Waals surface area contributed by atoms with E-state index in [4.69, 9.17) is 17.2 Å². The smallest absolute Gasteiger partial charge is 0.240 e. The molecule has 1 fully saturated rings. The molecule has 0 spiro atoms. The molecule has 4 aromatic carbocycles. The molecule has 240 valence electrons. The number of carbonyl (C=O) groups excluding carboxylic acids is 2. The maximum atomic E-state index is 14.2. The van der Waals surface area contributed by atoms with Gasteiger partial charge in [-0.3, -0.25) is 14.6 Å². The number of nitrogens with two attached hydrogens (primary N) is 3. The SMILES string of the molecule is Cc1ccc(C[C@@H](N)C(=O)N2C[C@@H](Cc3ccccc3)N(C(=O)Cc3ccc4ccccc4c3)C[C@@H]2CCCN=C(N)N)c(C)c1. The van der Waals surface area contributed by atoms with E-state index in [1.165, 1.54) is 5.56 Å². The minimum atomic E-state index is -0.696. The van der Waals surface area contributed by atoms with Gasteiger partial charge in [0, 0.05) is 25.7 Å². The standard InChI is InChI=1S/C38H46N6O2/c1-26-14-16-31(27(2)19-26)23-35(39)37(46)44-25-34(21-28-9-4-3-5-10-28)43(24-33(44)13-8-18-42-38(40)41)36(45)22-29-15-17-30-11-6-7-12-32(30)20-29/h3-7,9-12,14-17,19-20,33-35H,8,13,18,21-25,39H2,1-2H3,(H4,40,41,42)/t33-,34+,35+/m0/s1. The van der Waals surface area contributed by atoms with Gasteiger partial charge in [0.05, 0.1) is 18.5 Å². The summed E-state index contributed by atoms with van der Waals surface area (Å²) in [6.07, 6.45) is 2.71. The number of benzene rings is 4. The second-order valence-corrected chi connectivity index (χ2v) is 12.6. The molecule has 0 saturated carbocycles. The van der Waals surface area contributed by atoms with Crippen molar-refractivity contribution in [1.29, 1.82) is 0 Å². The Morgan fingerprint density at radius 2 is 1.54 bits per heavy atom. The lowest BCUT2D eigenvalue weighted by Crippen LogP contribution is -2.64. The van der Waals surface area contributed by atoms with Gasteiger partial charge in [-0.15, -0.1) is 0 Å². The lowest BCUT2D eigenvalue weighted by molar-refractivity contribution is -0.147. The predicted molar refractivity (Wildman–Crippen MR) is 186 cm³/mol. The molecule has 2 amide bonds. The molecule has 6 N–H and O–H groups in total. The van der Waals surface area contributed by atoms with Crippen molar-refractivity contribution >= 4 is 28.5 Å². The van der Waals surface area contributed by atoms with Crippen LogP contribution < -0.4 is 17.2 Å². The molecule has 1 heterocycles. The van der Waals surface area contributed by atoms with Gasteiger partial charge in [-0.2, -0.15) is 0 Å². The molecule has 5 rings (SSSR count). The number of rotatable bonds is 11. The summed E-state index contributed by atoms with van der Waals surface area (Å²) in [4.78, 5) is 36.4. The summed E-state index contributed by atoms with van der Waals surface area (Å²) < 4.78 is 0. The van der Waals surface area contributed by atoms with Crippen molar-refractivity contribution in [1.82, 2.24) is 9.80 Å². The van der Waals surface area contributed by atoms with E-state index in [0.29, 0.717) is 45.3 Å². The molecule has 8 heteroatoms. The van der Waals surface area contributed by atoms with E-state index >= 15 is 0 Å². The number of guanidine groups is 1. The number of fused-ring (bicyclic) bond motifs is 1. The van der Waals surface area contributed by atoms with Crippen LogP contribution in [0.3, 0.4) is 0 Å². The van der Waals surface area contributed by atoms with E-state index in [2.05, 4.69) is 73.4 Å². The second kappa shape index (κ2) is 15.1. The van der Waals surface area contributed by atoms with Gasteiger partial charge in [-0.25, -0.2) is 0 Å². The Labute approximate surface area is 272 Å². The molecule has 46 heavy (non-hydrogen) atoms. The monoisotopic (exact) mass is 618 g/mol. The zero-order valence-corrected chi connectivity index (χ0v) is 26.9. The fourth-order valence-electron chi connectivity index (χ4n) is 6.60. The van der Waals surface area contributed by atoms with E-state index in [0.717, 1.165) is 33.0 Å². The molecule has 1 saturated heterocycles. The molecule has 1 aliphatic heterocycles. The van der Waals surface area contributed by atoms with E-state index < -0.39 is 6.04 Å². The topological polar surface area (TPSA) is 131 Å². The van der Waals surface area contributed by atoms with Gasteiger partial charge in [0.1, 0.15) is 0 Å². The van der Waals surface area contributed by atoms with Gasteiger partial charge < -0.3 is 27.0 Å². The largest absolute Gasteiger partial charge is 0.370 e. The fraction of sp³-hybridized carbons (Fsp3) is 0.342. The summed E-state index contributed by atoms with van der Waals surface area (Å²) in [6.45, 7) is 5.40. The molecule has 0 aliphatic carbocycles. The minimum absolute atomic E-state index is 0.0437. The molecule has 1 aliphatic rings. The number of aryl methyl sites for hydroxylation is 2. The van der Waals surface area contributed by atoms with Crippen LogP contribution >= 0.6 is 0 Å². The number of piperazine rings is 1. The summed E-state index contributed by atoms with van der Waals surface area (Å²) in [6, 6.07) is 29.7. The maximum Gasteiger partial charge on any atom is 0.240 e. The van der Waals surface area contributed by atoms with Crippen molar-refractivity contribution in [3.63, 3.8) is 0 Å². The minimum Gasteiger partial charge on any atom is -0.370 e. The lowest BCUT2D eigenvalue weighted by Gasteiger charge is -2.47. The normalized spacial score (nSPS) is 17.1. The molecular weight excluding hydrogens is 572 g/mol. The number of carbonyl (C=O) groups is 2. The van der Waals surface area contributed by atoms with Gasteiger partial charge in [-0.1, -0.05) is 96.6 Å². The third-order valence-electron chi connectivity index (χ3n) is 9.03. The maximum absolute atomic E-state index is 14.2. The summed E-state index contributed by atoms with van der Waals surface area (Å²) in [5.41, 5.74) is 23.3. The van der Waals surface area contributed by atoms with Crippen LogP contribution in [0.2, 0.25) is 0 Å². The van der Waals surface area contributed by atoms with Crippen LogP contribution in [0.4, 0.5) is 0 Å². The lowest BCUT2D eigenvalue weighted by atomic mass is 9.94. The van der Waals surface area contributed by atoms with Crippen molar-refractivity contribution in [2.75, 3.05) is 19.6 Å². The summed E-state index contributed by atoms with van der Waals surface area (Å²) in [7, 11) is 0. The van der Waals surface area contributed by atoms with Gasteiger partial charge in [0.2, 0.25) is 11.8 Å². The Morgan fingerprint density at radius 1 is 0.826 bits per heavy atom. The predicted octanol–water partition coefficient (Wildman–Crippen LogP) is 4.27. The van der Waals surface area contributed by atoms with Crippen molar-refractivity contribution in [3.05, 3.63) is 119 Å². The summed E-state index contributed by atoms with van der Waals surface area (Å²) >= 11 is 0. The molecule has 0 unspecified atom stereocenters. The van der Waals surface area contributed by atoms with Gasteiger partial charge in [-0.05, 0) is 72.6 Å². The van der Waals surface area contributed by atoms with Crippen LogP contribution in [0.1, 0.15) is 40.7 Å². The third kappa shape index (κ3) is 8.31. The van der Waals surface area contributed by atoms with Gasteiger partial charge >= 0.3 is 0 Å². The van der Waals surface area contributed by atoms with Gasteiger partial charge in [0.15, 0.2) is 5.96 Å². The van der Waals surface area contributed by atoms with Gasteiger partial charge in [0.25, 0.3) is 0 Å². The van der Waals surface area contributed by atoms with Crippen LogP contribution in [0.5, 0.6) is 0 Å². The molecule has 4 aromatic rings. The molecule has 3 atom stereocenters. The third-order valence-corrected chi connectivity index (χ3v) is 9.03. The zero-order valence-electron chi connectivity index (χ0n) is 26.9. The van der Waals surface area contributed by atoms with Crippen LogP contribution in [0, 0.1) is 13.8 Å². The van der Waals surface area contributed by atoms with Crippen molar-refractivity contribution < 1.29 is 9.59 Å². The highest BCUT2D eigenvalue weighted by Crippen LogP contribution is 2.25. The Morgan fingerprint density at radius 3 is 2.28 bits per heavy atom. The average Bonchev–Trinajstić information content (AvgIpc) is 3.04. The van der Waals surface area contributed by atoms with Crippen molar-refractivity contribution in [2.45, 2.75) is 64.1 Å². The van der Waals surface area contributed by atoms with Crippen LogP contribution in [0.25, 0.3) is 10.8 Å². The highest BCUT2D eigenvalue weighted by molar-refractivity contribution is 5.86. The van der Waals surface area contributed by atoms with E-state index in [1.807, 2.05) is 46.2 Å². The van der Waals surface area contributed by atoms with E-state index in [-0.39, 0.29) is 36.3 Å².